The molecule has 0 aliphatic carbocycles. The zero-order chi connectivity index (χ0) is 19.6. The van der Waals surface area contributed by atoms with Crippen LogP contribution in [0.5, 0.6) is 5.75 Å². The topological polar surface area (TPSA) is 67.4 Å². The smallest absolute Gasteiger partial charge is 0.233 e. The molecule has 0 saturated heterocycles. The molecule has 0 radical (unpaired) electrons. The molecule has 0 aliphatic heterocycles. The van der Waals surface area contributed by atoms with E-state index in [0.717, 1.165) is 41.0 Å². The summed E-state index contributed by atoms with van der Waals surface area (Å²) in [6, 6.07) is 13.7. The Balaban J connectivity index is 1.87. The second-order valence-electron chi connectivity index (χ2n) is 6.30. The number of nitrogens with one attached hydrogen (secondary N) is 2. The molecule has 0 bridgehead atoms. The van der Waals surface area contributed by atoms with Crippen LogP contribution < -0.4 is 15.4 Å². The molecule has 2 aromatic rings. The number of amides is 2. The molecule has 0 heterocycles. The summed E-state index contributed by atoms with van der Waals surface area (Å²) >= 11 is 0. The maximum atomic E-state index is 12.3. The van der Waals surface area contributed by atoms with Crippen molar-refractivity contribution in [3.63, 3.8) is 0 Å². The van der Waals surface area contributed by atoms with Gasteiger partial charge in [-0.05, 0) is 42.0 Å². The summed E-state index contributed by atoms with van der Waals surface area (Å²) in [7, 11) is 1.63. The van der Waals surface area contributed by atoms with Crippen LogP contribution in [0.2, 0.25) is 0 Å². The van der Waals surface area contributed by atoms with Crippen molar-refractivity contribution in [1.29, 1.82) is 0 Å². The minimum atomic E-state index is -0.291. The van der Waals surface area contributed by atoms with E-state index in [1.165, 1.54) is 0 Å². The Bertz CT molecular complexity index is 765. The molecule has 2 aromatic carbocycles. The maximum Gasteiger partial charge on any atom is 0.233 e. The number of aryl methyl sites for hydroxylation is 2. The van der Waals surface area contributed by atoms with E-state index in [9.17, 15) is 9.59 Å². The Morgan fingerprint density at radius 1 is 0.889 bits per heavy atom. The van der Waals surface area contributed by atoms with Crippen LogP contribution >= 0.6 is 0 Å². The molecule has 2 N–H and O–H groups in total. The summed E-state index contributed by atoms with van der Waals surface area (Å²) in [4.78, 5) is 24.4. The Morgan fingerprint density at radius 2 is 1.52 bits per heavy atom. The highest BCUT2D eigenvalue weighted by Gasteiger charge is 2.13. The lowest BCUT2D eigenvalue weighted by Gasteiger charge is -2.14. The number of carbonyl (C=O) groups excluding carboxylic acids is 2. The first kappa shape index (κ1) is 20.5. The molecule has 0 spiro atoms. The van der Waals surface area contributed by atoms with Crippen molar-refractivity contribution in [2.24, 2.45) is 0 Å². The second-order valence-corrected chi connectivity index (χ2v) is 6.30. The van der Waals surface area contributed by atoms with E-state index in [1.807, 2.05) is 42.5 Å². The van der Waals surface area contributed by atoms with Crippen molar-refractivity contribution in [3.05, 3.63) is 59.2 Å². The van der Waals surface area contributed by atoms with Crippen LogP contribution in [0.3, 0.4) is 0 Å². The highest BCUT2D eigenvalue weighted by atomic mass is 16.5. The number of methoxy groups -OCH3 is 1. The molecule has 2 rings (SSSR count). The van der Waals surface area contributed by atoms with E-state index in [1.54, 1.807) is 7.11 Å². The Morgan fingerprint density at radius 3 is 2.15 bits per heavy atom. The van der Waals surface area contributed by atoms with E-state index in [-0.39, 0.29) is 18.2 Å². The molecule has 27 heavy (non-hydrogen) atoms. The lowest BCUT2D eigenvalue weighted by molar-refractivity contribution is -0.126. The number of hydrogen-bond acceptors (Lipinski definition) is 3. The molecule has 2 amide bonds. The molecule has 0 aromatic heterocycles. The van der Waals surface area contributed by atoms with Gasteiger partial charge in [-0.15, -0.1) is 0 Å². The van der Waals surface area contributed by atoms with E-state index in [4.69, 9.17) is 4.74 Å². The molecular weight excluding hydrogens is 340 g/mol. The van der Waals surface area contributed by atoms with Crippen molar-refractivity contribution in [2.45, 2.75) is 39.5 Å². The number of carbonyl (C=O) groups is 2. The number of para-hydroxylation sites is 2. The molecule has 144 valence electrons. The Kier molecular flexibility index (Phi) is 7.86. The van der Waals surface area contributed by atoms with Crippen molar-refractivity contribution in [2.75, 3.05) is 19.0 Å². The number of benzene rings is 2. The van der Waals surface area contributed by atoms with E-state index >= 15 is 0 Å². The number of anilines is 1. The van der Waals surface area contributed by atoms with Crippen LogP contribution in [0.1, 0.15) is 37.0 Å². The summed E-state index contributed by atoms with van der Waals surface area (Å²) < 4.78 is 5.30. The predicted octanol–water partition coefficient (Wildman–Crippen LogP) is 3.51. The fourth-order valence-corrected chi connectivity index (χ4v) is 3.04. The lowest BCUT2D eigenvalue weighted by atomic mass is 10.0. The van der Waals surface area contributed by atoms with Crippen molar-refractivity contribution in [3.8, 4) is 5.75 Å². The summed E-state index contributed by atoms with van der Waals surface area (Å²) in [5, 5.41) is 5.72. The molecular formula is C22H28N2O3. The van der Waals surface area contributed by atoms with Gasteiger partial charge < -0.3 is 15.4 Å². The van der Waals surface area contributed by atoms with Crippen LogP contribution in [-0.2, 0) is 28.9 Å². The SMILES string of the molecule is CCc1cccc(CC)c1NC(=O)CC(=O)NCCc1ccccc1OC. The number of ether oxygens (including phenoxy) is 1. The molecule has 0 aliphatic rings. The number of rotatable bonds is 9. The maximum absolute atomic E-state index is 12.3. The first-order chi connectivity index (χ1) is 13.1. The fraction of sp³-hybridized carbons (Fsp3) is 0.364. The van der Waals surface area contributed by atoms with Gasteiger partial charge in [0.2, 0.25) is 11.8 Å². The van der Waals surface area contributed by atoms with Crippen LogP contribution in [0.25, 0.3) is 0 Å². The summed E-state index contributed by atoms with van der Waals surface area (Å²) in [5.41, 5.74) is 4.03. The van der Waals surface area contributed by atoms with Gasteiger partial charge in [-0.2, -0.15) is 0 Å². The molecule has 0 fully saturated rings. The third-order valence-electron chi connectivity index (χ3n) is 4.49. The zero-order valence-electron chi connectivity index (χ0n) is 16.3. The van der Waals surface area contributed by atoms with E-state index in [0.29, 0.717) is 13.0 Å². The lowest BCUT2D eigenvalue weighted by Crippen LogP contribution is -2.30. The predicted molar refractivity (Wildman–Crippen MR) is 108 cm³/mol. The average molecular weight is 368 g/mol. The monoisotopic (exact) mass is 368 g/mol. The minimum absolute atomic E-state index is 0.187. The van der Waals surface area contributed by atoms with Gasteiger partial charge in [-0.25, -0.2) is 0 Å². The molecule has 0 unspecified atom stereocenters. The van der Waals surface area contributed by atoms with E-state index in [2.05, 4.69) is 24.5 Å². The first-order valence-corrected chi connectivity index (χ1v) is 9.38. The molecule has 5 nitrogen and oxygen atoms in total. The summed E-state index contributed by atoms with van der Waals surface area (Å²) in [6.45, 7) is 4.56. The largest absolute Gasteiger partial charge is 0.496 e. The van der Waals surface area contributed by atoms with Crippen molar-refractivity contribution < 1.29 is 14.3 Å². The Labute approximate surface area is 161 Å². The third-order valence-corrected chi connectivity index (χ3v) is 4.49. The third kappa shape index (κ3) is 5.84. The average Bonchev–Trinajstić information content (AvgIpc) is 2.68. The Hall–Kier alpha value is -2.82. The van der Waals surface area contributed by atoms with E-state index < -0.39 is 0 Å². The fourth-order valence-electron chi connectivity index (χ4n) is 3.04. The van der Waals surface area contributed by atoms with Crippen LogP contribution in [-0.4, -0.2) is 25.5 Å². The normalized spacial score (nSPS) is 10.3. The quantitative estimate of drug-likeness (QED) is 0.666. The standard InChI is InChI=1S/C22H28N2O3/c1-4-16-10-8-11-17(5-2)22(16)24-21(26)15-20(25)23-14-13-18-9-6-7-12-19(18)27-3/h6-12H,4-5,13-15H2,1-3H3,(H,23,25)(H,24,26). The highest BCUT2D eigenvalue weighted by molar-refractivity contribution is 6.04. The van der Waals surface area contributed by atoms with Gasteiger partial charge in [-0.1, -0.05) is 50.2 Å². The summed E-state index contributed by atoms with van der Waals surface area (Å²) in [5.74, 6) is 0.225. The minimum Gasteiger partial charge on any atom is -0.496 e. The van der Waals surface area contributed by atoms with Crippen molar-refractivity contribution in [1.82, 2.24) is 5.32 Å². The van der Waals surface area contributed by atoms with Crippen LogP contribution in [0.15, 0.2) is 42.5 Å². The molecule has 5 heteroatoms. The second kappa shape index (κ2) is 10.4. The van der Waals surface area contributed by atoms with Gasteiger partial charge in [0.15, 0.2) is 0 Å². The number of hydrogen-bond donors (Lipinski definition) is 2. The zero-order valence-corrected chi connectivity index (χ0v) is 16.3. The van der Waals surface area contributed by atoms with Crippen molar-refractivity contribution >= 4 is 17.5 Å². The molecule has 0 atom stereocenters. The van der Waals surface area contributed by atoms with Gasteiger partial charge >= 0.3 is 0 Å². The van der Waals surface area contributed by atoms with Gasteiger partial charge in [0, 0.05) is 12.2 Å². The van der Waals surface area contributed by atoms with Gasteiger partial charge in [0.05, 0.1) is 7.11 Å². The first-order valence-electron chi connectivity index (χ1n) is 9.38. The highest BCUT2D eigenvalue weighted by Crippen LogP contribution is 2.22. The summed E-state index contributed by atoms with van der Waals surface area (Å²) in [6.07, 6.45) is 2.12. The molecule has 0 saturated carbocycles. The van der Waals surface area contributed by atoms with Gasteiger partial charge in [0.25, 0.3) is 0 Å². The van der Waals surface area contributed by atoms with Gasteiger partial charge in [-0.3, -0.25) is 9.59 Å². The van der Waals surface area contributed by atoms with Crippen LogP contribution in [0, 0.1) is 0 Å². The van der Waals surface area contributed by atoms with Crippen LogP contribution in [0.4, 0.5) is 5.69 Å². The van der Waals surface area contributed by atoms with Gasteiger partial charge in [0.1, 0.15) is 12.2 Å².